The minimum absolute atomic E-state index is 0.0790. The van der Waals surface area contributed by atoms with E-state index in [1.165, 1.54) is 18.2 Å². The van der Waals surface area contributed by atoms with Gasteiger partial charge in [-0.25, -0.2) is 18.2 Å². The highest BCUT2D eigenvalue weighted by atomic mass is 19.2. The van der Waals surface area contributed by atoms with Crippen LogP contribution in [-0.4, -0.2) is 34.8 Å². The van der Waals surface area contributed by atoms with Gasteiger partial charge in [-0.3, -0.25) is 9.59 Å². The molecule has 8 heteroatoms. The van der Waals surface area contributed by atoms with Crippen LogP contribution in [0.3, 0.4) is 0 Å². The molecule has 0 saturated heterocycles. The number of nitrogens with one attached hydrogen (secondary N) is 1. The molecule has 1 aromatic carbocycles. The normalized spacial score (nSPS) is 10.6. The molecule has 5 nitrogen and oxygen atoms in total. The summed E-state index contributed by atoms with van der Waals surface area (Å²) >= 11 is 0. The standard InChI is InChI=1S/C19H20F3N3O2/c1-3-10-25(11-4-2)19(27)15-7-5-6-14(23-15)18(26)24-13-9-8-12(20)16(21)17(13)22/h5-9H,3-4,10-11H2,1-2H3,(H,24,26). The summed E-state index contributed by atoms with van der Waals surface area (Å²) in [6.45, 7) is 5.02. The Morgan fingerprint density at radius 1 is 0.963 bits per heavy atom. The Morgan fingerprint density at radius 3 is 2.22 bits per heavy atom. The van der Waals surface area contributed by atoms with Crippen LogP contribution >= 0.6 is 0 Å². The Balaban J connectivity index is 2.22. The molecule has 0 unspecified atom stereocenters. The summed E-state index contributed by atoms with van der Waals surface area (Å²) in [6, 6.07) is 5.91. The van der Waals surface area contributed by atoms with Gasteiger partial charge in [-0.15, -0.1) is 0 Å². The molecule has 2 aromatic rings. The van der Waals surface area contributed by atoms with Gasteiger partial charge in [0.05, 0.1) is 5.69 Å². The average Bonchev–Trinajstić information content (AvgIpc) is 2.67. The van der Waals surface area contributed by atoms with Crippen LogP contribution in [0.4, 0.5) is 18.9 Å². The van der Waals surface area contributed by atoms with Crippen LogP contribution in [0.25, 0.3) is 0 Å². The van der Waals surface area contributed by atoms with Crippen molar-refractivity contribution in [2.45, 2.75) is 26.7 Å². The van der Waals surface area contributed by atoms with E-state index < -0.39 is 29.0 Å². The number of nitrogens with zero attached hydrogens (tertiary/aromatic N) is 2. The van der Waals surface area contributed by atoms with Gasteiger partial charge in [-0.1, -0.05) is 19.9 Å². The first-order valence-electron chi connectivity index (χ1n) is 8.60. The Labute approximate surface area is 155 Å². The molecular weight excluding hydrogens is 359 g/mol. The summed E-state index contributed by atoms with van der Waals surface area (Å²) in [5.41, 5.74) is -0.579. The average molecular weight is 379 g/mol. The van der Waals surface area contributed by atoms with Crippen LogP contribution in [0, 0.1) is 17.5 Å². The summed E-state index contributed by atoms with van der Waals surface area (Å²) in [4.78, 5) is 30.5. The van der Waals surface area contributed by atoms with Crippen LogP contribution in [0.2, 0.25) is 0 Å². The number of halogens is 3. The van der Waals surface area contributed by atoms with Crippen LogP contribution in [-0.2, 0) is 0 Å². The second kappa shape index (κ2) is 9.16. The first-order chi connectivity index (χ1) is 12.9. The van der Waals surface area contributed by atoms with E-state index in [-0.39, 0.29) is 17.3 Å². The fourth-order valence-corrected chi connectivity index (χ4v) is 2.51. The largest absolute Gasteiger partial charge is 0.337 e. The third-order valence-corrected chi connectivity index (χ3v) is 3.76. The fourth-order valence-electron chi connectivity index (χ4n) is 2.51. The maximum absolute atomic E-state index is 13.7. The Kier molecular flexibility index (Phi) is 6.92. The second-order valence-corrected chi connectivity index (χ2v) is 5.88. The van der Waals surface area contributed by atoms with Gasteiger partial charge >= 0.3 is 0 Å². The molecule has 1 aromatic heterocycles. The van der Waals surface area contributed by atoms with Gasteiger partial charge in [-0.05, 0) is 37.1 Å². The zero-order valence-corrected chi connectivity index (χ0v) is 15.1. The topological polar surface area (TPSA) is 62.3 Å². The monoisotopic (exact) mass is 379 g/mol. The summed E-state index contributed by atoms with van der Waals surface area (Å²) in [5.74, 6) is -5.70. The highest BCUT2D eigenvalue weighted by Crippen LogP contribution is 2.20. The van der Waals surface area contributed by atoms with Crippen molar-refractivity contribution in [3.05, 3.63) is 59.2 Å². The molecule has 1 N–H and O–H groups in total. The van der Waals surface area contributed by atoms with Crippen LogP contribution in [0.5, 0.6) is 0 Å². The lowest BCUT2D eigenvalue weighted by atomic mass is 10.2. The van der Waals surface area contributed by atoms with Crippen molar-refractivity contribution in [3.63, 3.8) is 0 Å². The molecule has 1 heterocycles. The molecular formula is C19H20F3N3O2. The number of amides is 2. The predicted molar refractivity (Wildman–Crippen MR) is 95.0 cm³/mol. The molecule has 0 aliphatic rings. The van der Waals surface area contributed by atoms with Crippen LogP contribution < -0.4 is 5.32 Å². The Bertz CT molecular complexity index is 837. The lowest BCUT2D eigenvalue weighted by molar-refractivity contribution is 0.0749. The van der Waals surface area contributed by atoms with Gasteiger partial charge in [-0.2, -0.15) is 0 Å². The van der Waals surface area contributed by atoms with E-state index in [0.717, 1.165) is 18.9 Å². The van der Waals surface area contributed by atoms with E-state index in [0.29, 0.717) is 19.2 Å². The number of benzene rings is 1. The molecule has 0 saturated carbocycles. The van der Waals surface area contributed by atoms with Gasteiger partial charge < -0.3 is 10.2 Å². The lowest BCUT2D eigenvalue weighted by Gasteiger charge is -2.21. The van der Waals surface area contributed by atoms with Crippen molar-refractivity contribution in [1.29, 1.82) is 0 Å². The number of aromatic nitrogens is 1. The maximum Gasteiger partial charge on any atom is 0.274 e. The number of pyridine rings is 1. The van der Waals surface area contributed by atoms with Crippen LogP contribution in [0.1, 0.15) is 47.7 Å². The molecule has 0 spiro atoms. The van der Waals surface area contributed by atoms with E-state index in [9.17, 15) is 22.8 Å². The van der Waals surface area contributed by atoms with Crippen molar-refractivity contribution in [2.75, 3.05) is 18.4 Å². The first kappa shape index (κ1) is 20.4. The molecule has 0 radical (unpaired) electrons. The summed E-state index contributed by atoms with van der Waals surface area (Å²) in [7, 11) is 0. The fraction of sp³-hybridized carbons (Fsp3) is 0.316. The summed E-state index contributed by atoms with van der Waals surface area (Å²) < 4.78 is 40.0. The van der Waals surface area contributed by atoms with Crippen molar-refractivity contribution in [3.8, 4) is 0 Å². The third kappa shape index (κ3) is 4.84. The highest BCUT2D eigenvalue weighted by Gasteiger charge is 2.19. The van der Waals surface area contributed by atoms with Crippen molar-refractivity contribution in [2.24, 2.45) is 0 Å². The lowest BCUT2D eigenvalue weighted by Crippen LogP contribution is -2.33. The van der Waals surface area contributed by atoms with Gasteiger partial charge in [0.15, 0.2) is 17.5 Å². The van der Waals surface area contributed by atoms with Crippen molar-refractivity contribution in [1.82, 2.24) is 9.88 Å². The zero-order valence-electron chi connectivity index (χ0n) is 15.1. The van der Waals surface area contributed by atoms with Gasteiger partial charge in [0.1, 0.15) is 11.4 Å². The maximum atomic E-state index is 13.7. The molecule has 0 fully saturated rings. The van der Waals surface area contributed by atoms with E-state index in [1.54, 1.807) is 4.90 Å². The number of carbonyl (C=O) groups is 2. The zero-order chi connectivity index (χ0) is 20.0. The number of carbonyl (C=O) groups excluding carboxylic acids is 2. The smallest absolute Gasteiger partial charge is 0.274 e. The van der Waals surface area contributed by atoms with Crippen molar-refractivity contribution < 1.29 is 22.8 Å². The summed E-state index contributed by atoms with van der Waals surface area (Å²) in [5, 5.41) is 2.13. The molecule has 0 aliphatic carbocycles. The van der Waals surface area contributed by atoms with Crippen LogP contribution in [0.15, 0.2) is 30.3 Å². The minimum atomic E-state index is -1.68. The quantitative estimate of drug-likeness (QED) is 0.740. The molecule has 0 aliphatic heterocycles. The third-order valence-electron chi connectivity index (χ3n) is 3.76. The molecule has 2 rings (SSSR count). The molecule has 0 atom stereocenters. The highest BCUT2D eigenvalue weighted by molar-refractivity contribution is 6.03. The van der Waals surface area contributed by atoms with Gasteiger partial charge in [0.25, 0.3) is 11.8 Å². The number of hydrogen-bond acceptors (Lipinski definition) is 3. The molecule has 27 heavy (non-hydrogen) atoms. The number of anilines is 1. The van der Waals surface area contributed by atoms with E-state index in [4.69, 9.17) is 0 Å². The number of hydrogen-bond donors (Lipinski definition) is 1. The Morgan fingerprint density at radius 2 is 1.59 bits per heavy atom. The summed E-state index contributed by atoms with van der Waals surface area (Å²) in [6.07, 6.45) is 1.56. The predicted octanol–water partition coefficient (Wildman–Crippen LogP) is 4.01. The van der Waals surface area contributed by atoms with Gasteiger partial charge in [0.2, 0.25) is 0 Å². The minimum Gasteiger partial charge on any atom is -0.337 e. The molecule has 2 amide bonds. The van der Waals surface area contributed by atoms with E-state index in [1.807, 2.05) is 13.8 Å². The molecule has 144 valence electrons. The van der Waals surface area contributed by atoms with E-state index >= 15 is 0 Å². The van der Waals surface area contributed by atoms with Gasteiger partial charge in [0, 0.05) is 13.1 Å². The number of rotatable bonds is 7. The SMILES string of the molecule is CCCN(CCC)C(=O)c1cccc(C(=O)Nc2ccc(F)c(F)c2F)n1. The second-order valence-electron chi connectivity index (χ2n) is 5.88. The molecule has 0 bridgehead atoms. The first-order valence-corrected chi connectivity index (χ1v) is 8.60. The Hall–Kier alpha value is -2.90. The van der Waals surface area contributed by atoms with E-state index in [2.05, 4.69) is 10.3 Å². The van der Waals surface area contributed by atoms with Crippen molar-refractivity contribution >= 4 is 17.5 Å².